The van der Waals surface area contributed by atoms with Crippen molar-refractivity contribution in [1.29, 1.82) is 0 Å². The molecule has 0 aliphatic carbocycles. The molecule has 22 heavy (non-hydrogen) atoms. The summed E-state index contributed by atoms with van der Waals surface area (Å²) in [4.78, 5) is 5.63. The van der Waals surface area contributed by atoms with Crippen LogP contribution in [-0.2, 0) is 0 Å². The maximum atomic E-state index is 4.38. The maximum Gasteiger partial charge on any atom is 0.226 e. The molecule has 0 saturated carbocycles. The van der Waals surface area contributed by atoms with E-state index >= 15 is 0 Å². The summed E-state index contributed by atoms with van der Waals surface area (Å²) in [5.74, 6) is 0.776. The van der Waals surface area contributed by atoms with Crippen LogP contribution in [0.3, 0.4) is 0 Å². The zero-order valence-corrected chi connectivity index (χ0v) is 14.2. The molecule has 2 aromatic heterocycles. The largest absolute Gasteiger partial charge is 0.324 e. The number of benzene rings is 1. The van der Waals surface area contributed by atoms with Crippen LogP contribution in [0.25, 0.3) is 5.70 Å². The number of nitrogens with zero attached hydrogens (tertiary/aromatic N) is 3. The molecule has 0 bridgehead atoms. The molecule has 6 heteroatoms. The smallest absolute Gasteiger partial charge is 0.226 e. The summed E-state index contributed by atoms with van der Waals surface area (Å²) in [6, 6.07) is 10.5. The van der Waals surface area contributed by atoms with Crippen LogP contribution in [0.5, 0.6) is 0 Å². The summed E-state index contributed by atoms with van der Waals surface area (Å²) >= 11 is 5.23. The Balaban J connectivity index is 1.82. The summed E-state index contributed by atoms with van der Waals surface area (Å²) in [6.07, 6.45) is 3.81. The highest BCUT2D eigenvalue weighted by Gasteiger charge is 2.25. The molecule has 110 valence electrons. The highest BCUT2D eigenvalue weighted by atomic mass is 79.9. The molecular formula is C16H13BrN4S. The fourth-order valence-electron chi connectivity index (χ4n) is 2.61. The van der Waals surface area contributed by atoms with Gasteiger partial charge in [0.1, 0.15) is 12.4 Å². The molecular weight excluding hydrogens is 360 g/mol. The van der Waals surface area contributed by atoms with Crippen molar-refractivity contribution in [2.24, 2.45) is 0 Å². The van der Waals surface area contributed by atoms with Crippen LogP contribution in [0, 0.1) is 6.92 Å². The Hall–Kier alpha value is -1.92. The molecule has 4 nitrogen and oxygen atoms in total. The predicted octanol–water partition coefficient (Wildman–Crippen LogP) is 4.47. The number of halogens is 1. The van der Waals surface area contributed by atoms with Crippen LogP contribution >= 0.6 is 27.3 Å². The molecule has 0 radical (unpaired) electrons. The molecule has 0 spiro atoms. The molecule has 1 atom stereocenters. The van der Waals surface area contributed by atoms with Crippen molar-refractivity contribution in [2.45, 2.75) is 13.0 Å². The van der Waals surface area contributed by atoms with Crippen LogP contribution in [0.2, 0.25) is 0 Å². The van der Waals surface area contributed by atoms with E-state index in [1.54, 1.807) is 17.7 Å². The van der Waals surface area contributed by atoms with Gasteiger partial charge in [0.25, 0.3) is 0 Å². The van der Waals surface area contributed by atoms with Gasteiger partial charge in [-0.2, -0.15) is 10.1 Å². The second kappa shape index (κ2) is 5.37. The average molecular weight is 373 g/mol. The number of aromatic nitrogens is 3. The van der Waals surface area contributed by atoms with E-state index < -0.39 is 0 Å². The Morgan fingerprint density at radius 3 is 2.77 bits per heavy atom. The first-order chi connectivity index (χ1) is 10.7. The first kappa shape index (κ1) is 13.7. The second-order valence-electron chi connectivity index (χ2n) is 5.15. The topological polar surface area (TPSA) is 42.7 Å². The minimum Gasteiger partial charge on any atom is -0.324 e. The molecule has 1 unspecified atom stereocenters. The van der Waals surface area contributed by atoms with Gasteiger partial charge in [-0.3, -0.25) is 0 Å². The third-order valence-corrected chi connectivity index (χ3v) is 5.35. The van der Waals surface area contributed by atoms with Gasteiger partial charge < -0.3 is 5.32 Å². The Bertz CT molecular complexity index is 847. The van der Waals surface area contributed by atoms with Gasteiger partial charge in [0.15, 0.2) is 0 Å². The summed E-state index contributed by atoms with van der Waals surface area (Å²) in [5, 5.41) is 9.86. The van der Waals surface area contributed by atoms with Gasteiger partial charge in [0, 0.05) is 15.0 Å². The van der Waals surface area contributed by atoms with E-state index in [1.807, 2.05) is 16.8 Å². The second-order valence-corrected chi connectivity index (χ2v) is 7.02. The molecule has 3 aromatic rings. The van der Waals surface area contributed by atoms with E-state index in [0.29, 0.717) is 0 Å². The Labute approximate surface area is 140 Å². The van der Waals surface area contributed by atoms with Crippen molar-refractivity contribution < 1.29 is 0 Å². The molecule has 1 aliphatic rings. The van der Waals surface area contributed by atoms with E-state index in [4.69, 9.17) is 0 Å². The van der Waals surface area contributed by atoms with Gasteiger partial charge in [0.05, 0.1) is 0 Å². The zero-order valence-electron chi connectivity index (χ0n) is 11.8. The number of fused-ring (bicyclic) bond motifs is 1. The molecule has 4 rings (SSSR count). The SMILES string of the molecule is Cc1ccsc1C1C=C(c2ccc(Br)cc2)Nc2ncnn21. The standard InChI is InChI=1S/C16H13BrN4S/c1-10-6-7-22-15(10)14-8-13(11-2-4-12(17)5-3-11)20-16-18-9-19-21(14)16/h2-9,14H,1H3,(H,18,19,20). The quantitative estimate of drug-likeness (QED) is 0.721. The highest BCUT2D eigenvalue weighted by Crippen LogP contribution is 2.35. The summed E-state index contributed by atoms with van der Waals surface area (Å²) in [5.41, 5.74) is 3.48. The van der Waals surface area contributed by atoms with Crippen molar-refractivity contribution in [3.63, 3.8) is 0 Å². The summed E-state index contributed by atoms with van der Waals surface area (Å²) in [6.45, 7) is 2.14. The number of allylic oxidation sites excluding steroid dienone is 1. The monoisotopic (exact) mass is 372 g/mol. The molecule has 1 aliphatic heterocycles. The minimum atomic E-state index is 0.0809. The number of anilines is 1. The number of rotatable bonds is 2. The molecule has 0 fully saturated rings. The maximum absolute atomic E-state index is 4.38. The van der Waals surface area contributed by atoms with Gasteiger partial charge in [-0.05, 0) is 47.7 Å². The third kappa shape index (κ3) is 2.28. The van der Waals surface area contributed by atoms with Crippen molar-refractivity contribution in [3.8, 4) is 0 Å². The Morgan fingerprint density at radius 1 is 1.23 bits per heavy atom. The van der Waals surface area contributed by atoms with Gasteiger partial charge in [-0.25, -0.2) is 4.68 Å². The Morgan fingerprint density at radius 2 is 2.05 bits per heavy atom. The van der Waals surface area contributed by atoms with E-state index in [9.17, 15) is 0 Å². The van der Waals surface area contributed by atoms with Gasteiger partial charge in [0.2, 0.25) is 5.95 Å². The molecule has 0 amide bonds. The lowest BCUT2D eigenvalue weighted by molar-refractivity contribution is 0.618. The third-order valence-electron chi connectivity index (χ3n) is 3.73. The fourth-order valence-corrected chi connectivity index (χ4v) is 3.85. The van der Waals surface area contributed by atoms with Crippen LogP contribution in [0.1, 0.15) is 22.0 Å². The van der Waals surface area contributed by atoms with Gasteiger partial charge in [-0.1, -0.05) is 28.1 Å². The molecule has 1 N–H and O–H groups in total. The highest BCUT2D eigenvalue weighted by molar-refractivity contribution is 9.10. The molecule has 3 heterocycles. The minimum absolute atomic E-state index is 0.0809. The molecule has 1 aromatic carbocycles. The van der Waals surface area contributed by atoms with E-state index in [-0.39, 0.29) is 6.04 Å². The van der Waals surface area contributed by atoms with Crippen LogP contribution in [0.4, 0.5) is 5.95 Å². The van der Waals surface area contributed by atoms with Crippen LogP contribution in [0.15, 0.2) is 52.6 Å². The first-order valence-corrected chi connectivity index (χ1v) is 8.58. The van der Waals surface area contributed by atoms with Crippen molar-refractivity contribution in [3.05, 3.63) is 68.6 Å². The lowest BCUT2D eigenvalue weighted by Crippen LogP contribution is -2.20. The first-order valence-electron chi connectivity index (χ1n) is 6.90. The lowest BCUT2D eigenvalue weighted by atomic mass is 10.1. The molecule has 0 saturated heterocycles. The number of hydrogen-bond donors (Lipinski definition) is 1. The fraction of sp³-hybridized carbons (Fsp3) is 0.125. The summed E-state index contributed by atoms with van der Waals surface area (Å²) in [7, 11) is 0. The predicted molar refractivity (Wildman–Crippen MR) is 93.0 cm³/mol. The van der Waals surface area contributed by atoms with E-state index in [1.165, 1.54) is 10.4 Å². The number of thiophene rings is 1. The normalized spacial score (nSPS) is 16.8. The average Bonchev–Trinajstić information content (AvgIpc) is 3.15. The van der Waals surface area contributed by atoms with E-state index in [2.05, 4.69) is 67.9 Å². The van der Waals surface area contributed by atoms with Crippen molar-refractivity contribution in [1.82, 2.24) is 14.8 Å². The van der Waals surface area contributed by atoms with Crippen molar-refractivity contribution in [2.75, 3.05) is 5.32 Å². The summed E-state index contributed by atoms with van der Waals surface area (Å²) < 4.78 is 3.00. The van der Waals surface area contributed by atoms with Gasteiger partial charge >= 0.3 is 0 Å². The lowest BCUT2D eigenvalue weighted by Gasteiger charge is -2.24. The van der Waals surface area contributed by atoms with Gasteiger partial charge in [-0.15, -0.1) is 11.3 Å². The van der Waals surface area contributed by atoms with Crippen LogP contribution < -0.4 is 5.32 Å². The van der Waals surface area contributed by atoms with E-state index in [0.717, 1.165) is 21.7 Å². The number of hydrogen-bond acceptors (Lipinski definition) is 4. The van der Waals surface area contributed by atoms with Crippen molar-refractivity contribution >= 4 is 38.9 Å². The zero-order chi connectivity index (χ0) is 15.1. The van der Waals surface area contributed by atoms with Crippen LogP contribution in [-0.4, -0.2) is 14.8 Å². The number of aryl methyl sites for hydroxylation is 1. The Kier molecular flexibility index (Phi) is 3.35. The number of nitrogens with one attached hydrogen (secondary N) is 1.